The topological polar surface area (TPSA) is 94.1 Å². The molecule has 1 atom stereocenters. The zero-order chi connectivity index (χ0) is 19.6. The molecule has 1 rings (SSSR count). The van der Waals surface area contributed by atoms with Crippen molar-refractivity contribution in [2.24, 2.45) is 0 Å². The summed E-state index contributed by atoms with van der Waals surface area (Å²) in [5.41, 5.74) is 0.214. The Labute approximate surface area is 153 Å². The van der Waals surface area contributed by atoms with Crippen LogP contribution in [0.5, 0.6) is 5.75 Å². The number of amides is 1. The van der Waals surface area contributed by atoms with Gasteiger partial charge in [0.05, 0.1) is 12.1 Å². The Kier molecular flexibility index (Phi) is 8.64. The maximum absolute atomic E-state index is 11.4. The molecule has 1 amide bonds. The minimum Gasteiger partial charge on any atom is -0.490 e. The van der Waals surface area contributed by atoms with Gasteiger partial charge in [0.15, 0.2) is 0 Å². The molecule has 1 unspecified atom stereocenters. The van der Waals surface area contributed by atoms with E-state index in [2.05, 4.69) is 11.9 Å². The van der Waals surface area contributed by atoms with E-state index in [1.54, 1.807) is 13.8 Å². The van der Waals surface area contributed by atoms with Crippen molar-refractivity contribution >= 4 is 12.1 Å². The molecule has 0 spiro atoms. The highest BCUT2D eigenvalue weighted by Gasteiger charge is 2.23. The lowest BCUT2D eigenvalue weighted by atomic mass is 9.86. The van der Waals surface area contributed by atoms with E-state index in [1.807, 2.05) is 31.2 Å². The van der Waals surface area contributed by atoms with Gasteiger partial charge in [-0.15, -0.1) is 0 Å². The average Bonchev–Trinajstić information content (AvgIpc) is 2.61. The molecule has 0 saturated carbocycles. The number of nitrogens with one attached hydrogen (secondary N) is 1. The number of carbonyl (C=O) groups excluding carboxylic acids is 2. The third-order valence-corrected chi connectivity index (χ3v) is 3.81. The first kappa shape index (κ1) is 21.5. The van der Waals surface area contributed by atoms with Gasteiger partial charge >= 0.3 is 12.1 Å². The van der Waals surface area contributed by atoms with E-state index < -0.39 is 17.7 Å². The van der Waals surface area contributed by atoms with Crippen LogP contribution in [0.1, 0.15) is 32.3 Å². The minimum atomic E-state index is -0.798. The minimum absolute atomic E-state index is 0.00525. The molecule has 0 fully saturated rings. The predicted molar refractivity (Wildman–Crippen MR) is 97.2 cm³/mol. The maximum atomic E-state index is 11.4. The Bertz CT molecular complexity index is 591. The van der Waals surface area contributed by atoms with Crippen LogP contribution in [0, 0.1) is 0 Å². The highest BCUT2D eigenvalue weighted by molar-refractivity contribution is 5.81. The first-order valence-electron chi connectivity index (χ1n) is 8.39. The molecule has 0 heterocycles. The average molecular weight is 365 g/mol. The van der Waals surface area contributed by atoms with Gasteiger partial charge in [-0.05, 0) is 31.5 Å². The number of carbonyl (C=O) groups is 2. The van der Waals surface area contributed by atoms with Crippen molar-refractivity contribution in [1.82, 2.24) is 5.32 Å². The van der Waals surface area contributed by atoms with Gasteiger partial charge in [0.1, 0.15) is 25.6 Å². The van der Waals surface area contributed by atoms with Crippen LogP contribution < -0.4 is 10.1 Å². The van der Waals surface area contributed by atoms with Crippen LogP contribution in [0.25, 0.3) is 0 Å². The van der Waals surface area contributed by atoms with Crippen LogP contribution in [0.3, 0.4) is 0 Å². The molecule has 7 nitrogen and oxygen atoms in total. The molecule has 0 radical (unpaired) electrons. The number of esters is 1. The number of aliphatic hydroxyl groups is 1. The molecular weight excluding hydrogens is 338 g/mol. The number of alkyl carbamates (subject to hydrolysis) is 1. The zero-order valence-electron chi connectivity index (χ0n) is 15.5. The molecule has 0 aliphatic heterocycles. The fraction of sp³-hybridized carbons (Fsp3) is 0.474. The Hall–Kier alpha value is -2.54. The normalized spacial score (nSPS) is 12.0. The van der Waals surface area contributed by atoms with Crippen LogP contribution in [-0.4, -0.2) is 49.1 Å². The Morgan fingerprint density at radius 2 is 1.85 bits per heavy atom. The standard InChI is InChI=1S/C19H27NO6/c1-5-17(21)25-11-10-20-18(22)26-13-12-24-16-8-6-15(7-9-16)14(2)19(3,4)23/h5-9,14,23H,1,10-13H2,2-4H3,(H,20,22). The highest BCUT2D eigenvalue weighted by atomic mass is 16.6. The van der Waals surface area contributed by atoms with Crippen molar-refractivity contribution in [2.75, 3.05) is 26.4 Å². The first-order valence-corrected chi connectivity index (χ1v) is 8.39. The molecule has 1 aromatic rings. The third kappa shape index (κ3) is 8.02. The molecule has 1 aromatic carbocycles. The van der Waals surface area contributed by atoms with Crippen molar-refractivity contribution in [1.29, 1.82) is 0 Å². The number of benzene rings is 1. The maximum Gasteiger partial charge on any atom is 0.407 e. The SMILES string of the molecule is C=CC(=O)OCCNC(=O)OCCOc1ccc(C(C)C(C)(C)O)cc1. The summed E-state index contributed by atoms with van der Waals surface area (Å²) in [6.45, 7) is 9.26. The summed E-state index contributed by atoms with van der Waals surface area (Å²) in [6.07, 6.45) is 0.436. The lowest BCUT2D eigenvalue weighted by Gasteiger charge is -2.26. The molecule has 2 N–H and O–H groups in total. The van der Waals surface area contributed by atoms with Crippen molar-refractivity contribution in [3.8, 4) is 5.75 Å². The zero-order valence-corrected chi connectivity index (χ0v) is 15.5. The molecule has 144 valence electrons. The Morgan fingerprint density at radius 3 is 2.42 bits per heavy atom. The Balaban J connectivity index is 2.22. The molecular formula is C19H27NO6. The monoisotopic (exact) mass is 365 g/mol. The van der Waals surface area contributed by atoms with Gasteiger partial charge in [0.2, 0.25) is 0 Å². The second-order valence-corrected chi connectivity index (χ2v) is 6.23. The Morgan fingerprint density at radius 1 is 1.19 bits per heavy atom. The summed E-state index contributed by atoms with van der Waals surface area (Å²) in [7, 11) is 0. The van der Waals surface area contributed by atoms with E-state index in [0.29, 0.717) is 5.75 Å². The van der Waals surface area contributed by atoms with E-state index in [-0.39, 0.29) is 32.3 Å². The van der Waals surface area contributed by atoms with Gasteiger partial charge in [-0.25, -0.2) is 9.59 Å². The van der Waals surface area contributed by atoms with Gasteiger partial charge in [-0.2, -0.15) is 0 Å². The lowest BCUT2D eigenvalue weighted by Crippen LogP contribution is -2.29. The van der Waals surface area contributed by atoms with E-state index in [1.165, 1.54) is 0 Å². The van der Waals surface area contributed by atoms with Crippen molar-refractivity contribution in [3.63, 3.8) is 0 Å². The summed E-state index contributed by atoms with van der Waals surface area (Å²) < 4.78 is 15.1. The van der Waals surface area contributed by atoms with Crippen molar-refractivity contribution in [2.45, 2.75) is 32.3 Å². The van der Waals surface area contributed by atoms with E-state index in [4.69, 9.17) is 14.2 Å². The van der Waals surface area contributed by atoms with Crippen LogP contribution in [0.4, 0.5) is 4.79 Å². The van der Waals surface area contributed by atoms with E-state index >= 15 is 0 Å². The van der Waals surface area contributed by atoms with Gasteiger partial charge in [0, 0.05) is 12.0 Å². The highest BCUT2D eigenvalue weighted by Crippen LogP contribution is 2.28. The molecule has 0 saturated heterocycles. The largest absolute Gasteiger partial charge is 0.490 e. The summed E-state index contributed by atoms with van der Waals surface area (Å²) in [4.78, 5) is 22.2. The quantitative estimate of drug-likeness (QED) is 0.376. The number of hydrogen-bond acceptors (Lipinski definition) is 6. The summed E-state index contributed by atoms with van der Waals surface area (Å²) >= 11 is 0. The summed E-state index contributed by atoms with van der Waals surface area (Å²) in [6, 6.07) is 7.42. The molecule has 0 aliphatic carbocycles. The van der Waals surface area contributed by atoms with Crippen LogP contribution >= 0.6 is 0 Å². The molecule has 0 bridgehead atoms. The number of rotatable bonds is 10. The number of hydrogen-bond donors (Lipinski definition) is 2. The van der Waals surface area contributed by atoms with Gasteiger partial charge in [-0.1, -0.05) is 25.6 Å². The van der Waals surface area contributed by atoms with Crippen molar-refractivity contribution in [3.05, 3.63) is 42.5 Å². The van der Waals surface area contributed by atoms with E-state index in [0.717, 1.165) is 11.6 Å². The second-order valence-electron chi connectivity index (χ2n) is 6.23. The van der Waals surface area contributed by atoms with Gasteiger partial charge < -0.3 is 24.6 Å². The van der Waals surface area contributed by atoms with E-state index in [9.17, 15) is 14.7 Å². The van der Waals surface area contributed by atoms with Crippen molar-refractivity contribution < 1.29 is 28.9 Å². The molecule has 0 aromatic heterocycles. The fourth-order valence-corrected chi connectivity index (χ4v) is 1.97. The smallest absolute Gasteiger partial charge is 0.407 e. The molecule has 0 aliphatic rings. The van der Waals surface area contributed by atoms with Gasteiger partial charge in [-0.3, -0.25) is 0 Å². The number of ether oxygens (including phenoxy) is 3. The van der Waals surface area contributed by atoms with Gasteiger partial charge in [0.25, 0.3) is 0 Å². The molecule has 26 heavy (non-hydrogen) atoms. The predicted octanol–water partition coefficient (Wildman–Crippen LogP) is 2.40. The van der Waals surface area contributed by atoms with Crippen LogP contribution in [0.2, 0.25) is 0 Å². The summed E-state index contributed by atoms with van der Waals surface area (Å²) in [5, 5.41) is 12.5. The molecule has 7 heteroatoms. The second kappa shape index (κ2) is 10.5. The summed E-state index contributed by atoms with van der Waals surface area (Å²) in [5.74, 6) is 0.0999. The van der Waals surface area contributed by atoms with Crippen LogP contribution in [0.15, 0.2) is 36.9 Å². The fourth-order valence-electron chi connectivity index (χ4n) is 1.97. The first-order chi connectivity index (χ1) is 12.2. The third-order valence-electron chi connectivity index (χ3n) is 3.81. The van der Waals surface area contributed by atoms with Crippen LogP contribution in [-0.2, 0) is 14.3 Å². The lowest BCUT2D eigenvalue weighted by molar-refractivity contribution is -0.137.